The molecule has 0 aliphatic rings. The van der Waals surface area contributed by atoms with Crippen molar-refractivity contribution < 1.29 is 17.6 Å². The van der Waals surface area contributed by atoms with E-state index in [-0.39, 0.29) is 23.5 Å². The fraction of sp³-hybridized carbons (Fsp3) is 0.300. The minimum absolute atomic E-state index is 0.109. The van der Waals surface area contributed by atoms with Crippen LogP contribution < -0.4 is 0 Å². The van der Waals surface area contributed by atoms with Crippen molar-refractivity contribution in [3.63, 3.8) is 0 Å². The standard InChI is InChI=1S/C10H11FO3S/c1-15(13,14)6-5-10(12)8-3-2-4-9(11)7-8/h2-4,7H,5-6H2,1H3. The minimum Gasteiger partial charge on any atom is -0.294 e. The molecule has 0 aliphatic heterocycles. The van der Waals surface area contributed by atoms with Gasteiger partial charge in [0.1, 0.15) is 15.7 Å². The fourth-order valence-corrected chi connectivity index (χ4v) is 1.64. The lowest BCUT2D eigenvalue weighted by atomic mass is 10.1. The molecule has 0 heterocycles. The third-order valence-corrected chi connectivity index (χ3v) is 2.79. The molecule has 1 rings (SSSR count). The summed E-state index contributed by atoms with van der Waals surface area (Å²) in [6.45, 7) is 0. The smallest absolute Gasteiger partial charge is 0.163 e. The molecule has 0 aliphatic carbocycles. The molecule has 0 bridgehead atoms. The molecule has 0 radical (unpaired) electrons. The highest BCUT2D eigenvalue weighted by molar-refractivity contribution is 7.90. The molecule has 82 valence electrons. The molecule has 0 spiro atoms. The summed E-state index contributed by atoms with van der Waals surface area (Å²) in [7, 11) is -3.15. The molecule has 0 fully saturated rings. The average Bonchev–Trinajstić information content (AvgIpc) is 2.13. The molecule has 0 atom stereocenters. The molecule has 0 saturated carbocycles. The molecule has 1 aromatic carbocycles. The topological polar surface area (TPSA) is 51.2 Å². The second-order valence-electron chi connectivity index (χ2n) is 3.31. The van der Waals surface area contributed by atoms with Crippen molar-refractivity contribution in [2.45, 2.75) is 6.42 Å². The van der Waals surface area contributed by atoms with Crippen LogP contribution in [0.3, 0.4) is 0 Å². The number of halogens is 1. The molecule has 0 amide bonds. The lowest BCUT2D eigenvalue weighted by Gasteiger charge is -1.99. The summed E-state index contributed by atoms with van der Waals surface area (Å²) in [6.07, 6.45) is 0.953. The Morgan fingerprint density at radius 1 is 1.40 bits per heavy atom. The molecule has 1 aromatic rings. The van der Waals surface area contributed by atoms with Gasteiger partial charge in [0.2, 0.25) is 0 Å². The van der Waals surface area contributed by atoms with E-state index in [1.54, 1.807) is 0 Å². The van der Waals surface area contributed by atoms with E-state index in [9.17, 15) is 17.6 Å². The minimum atomic E-state index is -3.15. The maximum atomic E-state index is 12.7. The van der Waals surface area contributed by atoms with Crippen LogP contribution in [0.2, 0.25) is 0 Å². The normalized spacial score (nSPS) is 11.3. The molecule has 0 aromatic heterocycles. The Morgan fingerprint density at radius 3 is 2.60 bits per heavy atom. The number of hydrogen-bond donors (Lipinski definition) is 0. The molecule has 5 heteroatoms. The van der Waals surface area contributed by atoms with Crippen LogP contribution in [0.25, 0.3) is 0 Å². The number of sulfone groups is 1. The summed E-state index contributed by atoms with van der Waals surface area (Å²) in [5, 5.41) is 0. The summed E-state index contributed by atoms with van der Waals surface area (Å²) in [5.74, 6) is -1.07. The van der Waals surface area contributed by atoms with Crippen LogP contribution in [0.1, 0.15) is 16.8 Å². The number of benzene rings is 1. The van der Waals surface area contributed by atoms with Gasteiger partial charge in [-0.25, -0.2) is 12.8 Å². The second kappa shape index (κ2) is 4.53. The molecule has 3 nitrogen and oxygen atoms in total. The Labute approximate surface area is 87.8 Å². The quantitative estimate of drug-likeness (QED) is 0.735. The van der Waals surface area contributed by atoms with E-state index in [0.717, 1.165) is 12.3 Å². The van der Waals surface area contributed by atoms with Crippen LogP contribution in [0.4, 0.5) is 4.39 Å². The number of rotatable bonds is 4. The molecule has 0 unspecified atom stereocenters. The lowest BCUT2D eigenvalue weighted by molar-refractivity contribution is 0.0988. The molecule has 0 N–H and O–H groups in total. The largest absolute Gasteiger partial charge is 0.294 e. The van der Waals surface area contributed by atoms with E-state index in [2.05, 4.69) is 0 Å². The molecular formula is C10H11FO3S. The summed E-state index contributed by atoms with van der Waals surface area (Å²) in [4.78, 5) is 11.4. The number of carbonyl (C=O) groups is 1. The van der Waals surface area contributed by atoms with Gasteiger partial charge in [0.05, 0.1) is 5.75 Å². The van der Waals surface area contributed by atoms with Crippen LogP contribution in [0.15, 0.2) is 24.3 Å². The highest BCUT2D eigenvalue weighted by Gasteiger charge is 2.10. The second-order valence-corrected chi connectivity index (χ2v) is 5.57. The van der Waals surface area contributed by atoms with Gasteiger partial charge in [-0.15, -0.1) is 0 Å². The van der Waals surface area contributed by atoms with Crippen molar-refractivity contribution >= 4 is 15.6 Å². The maximum Gasteiger partial charge on any atom is 0.163 e. The first-order valence-corrected chi connectivity index (χ1v) is 6.41. The van der Waals surface area contributed by atoms with Crippen LogP contribution >= 0.6 is 0 Å². The van der Waals surface area contributed by atoms with Crippen LogP contribution in [0, 0.1) is 5.82 Å². The van der Waals surface area contributed by atoms with Crippen LogP contribution in [0.5, 0.6) is 0 Å². The third-order valence-electron chi connectivity index (χ3n) is 1.85. The first kappa shape index (κ1) is 11.8. The zero-order valence-corrected chi connectivity index (χ0v) is 9.05. The molecule has 0 saturated heterocycles. The van der Waals surface area contributed by atoms with Gasteiger partial charge < -0.3 is 0 Å². The van der Waals surface area contributed by atoms with E-state index in [0.29, 0.717) is 0 Å². The zero-order valence-electron chi connectivity index (χ0n) is 8.23. The average molecular weight is 230 g/mol. The van der Waals surface area contributed by atoms with Gasteiger partial charge in [0, 0.05) is 18.2 Å². The van der Waals surface area contributed by atoms with E-state index >= 15 is 0 Å². The lowest BCUT2D eigenvalue weighted by Crippen LogP contribution is -2.09. The van der Waals surface area contributed by atoms with Crippen molar-refractivity contribution in [2.24, 2.45) is 0 Å². The SMILES string of the molecule is CS(=O)(=O)CCC(=O)c1cccc(F)c1. The Morgan fingerprint density at radius 2 is 2.07 bits per heavy atom. The third kappa shape index (κ3) is 4.20. The van der Waals surface area contributed by atoms with Gasteiger partial charge in [-0.1, -0.05) is 12.1 Å². The van der Waals surface area contributed by atoms with Crippen molar-refractivity contribution in [3.05, 3.63) is 35.6 Å². The van der Waals surface area contributed by atoms with Crippen LogP contribution in [-0.4, -0.2) is 26.2 Å². The summed E-state index contributed by atoms with van der Waals surface area (Å²) in [6, 6.07) is 5.22. The number of ketones is 1. The summed E-state index contributed by atoms with van der Waals surface area (Å²) in [5.41, 5.74) is 0.207. The van der Waals surface area contributed by atoms with E-state index in [1.165, 1.54) is 18.2 Å². The monoisotopic (exact) mass is 230 g/mol. The molecular weight excluding hydrogens is 219 g/mol. The predicted octanol–water partition coefficient (Wildman–Crippen LogP) is 1.44. The first-order chi connectivity index (χ1) is 6.88. The number of hydrogen-bond acceptors (Lipinski definition) is 3. The van der Waals surface area contributed by atoms with Crippen molar-refractivity contribution in [3.8, 4) is 0 Å². The van der Waals surface area contributed by atoms with Gasteiger partial charge in [0.15, 0.2) is 5.78 Å². The first-order valence-electron chi connectivity index (χ1n) is 4.35. The maximum absolute atomic E-state index is 12.7. The van der Waals surface area contributed by atoms with Gasteiger partial charge in [-0.05, 0) is 12.1 Å². The van der Waals surface area contributed by atoms with Crippen molar-refractivity contribution in [1.82, 2.24) is 0 Å². The van der Waals surface area contributed by atoms with Gasteiger partial charge in [-0.3, -0.25) is 4.79 Å². The van der Waals surface area contributed by atoms with Crippen LogP contribution in [-0.2, 0) is 9.84 Å². The summed E-state index contributed by atoms with van der Waals surface area (Å²) < 4.78 is 34.3. The summed E-state index contributed by atoms with van der Waals surface area (Å²) >= 11 is 0. The van der Waals surface area contributed by atoms with Gasteiger partial charge in [0.25, 0.3) is 0 Å². The Kier molecular flexibility index (Phi) is 3.57. The highest BCUT2D eigenvalue weighted by atomic mass is 32.2. The van der Waals surface area contributed by atoms with E-state index in [4.69, 9.17) is 0 Å². The fourth-order valence-electron chi connectivity index (χ4n) is 1.08. The van der Waals surface area contributed by atoms with Crippen molar-refractivity contribution in [1.29, 1.82) is 0 Å². The zero-order chi connectivity index (χ0) is 11.5. The van der Waals surface area contributed by atoms with Gasteiger partial charge in [-0.2, -0.15) is 0 Å². The predicted molar refractivity (Wildman–Crippen MR) is 55.1 cm³/mol. The van der Waals surface area contributed by atoms with E-state index in [1.807, 2.05) is 0 Å². The Bertz CT molecular complexity index is 465. The van der Waals surface area contributed by atoms with Crippen molar-refractivity contribution in [2.75, 3.05) is 12.0 Å². The Hall–Kier alpha value is -1.23. The highest BCUT2D eigenvalue weighted by Crippen LogP contribution is 2.07. The molecule has 15 heavy (non-hydrogen) atoms. The number of carbonyl (C=O) groups excluding carboxylic acids is 1. The number of Topliss-reactive ketones (excluding diaryl/α,β-unsaturated/α-hetero) is 1. The van der Waals surface area contributed by atoms with Gasteiger partial charge >= 0.3 is 0 Å². The Balaban J connectivity index is 2.70. The van der Waals surface area contributed by atoms with E-state index < -0.39 is 15.7 Å².